The molecule has 1 aliphatic rings. The molecule has 1 aliphatic heterocycles. The van der Waals surface area contributed by atoms with E-state index in [1.54, 1.807) is 11.8 Å². The highest BCUT2D eigenvalue weighted by atomic mass is 32.2. The average Bonchev–Trinajstić information content (AvgIpc) is 4.03. The molecule has 0 amide bonds. The zero-order valence-corrected chi connectivity index (χ0v) is 41.3. The second-order valence-corrected chi connectivity index (χ2v) is 19.7. The summed E-state index contributed by atoms with van der Waals surface area (Å²) in [5, 5.41) is 4.30. The summed E-state index contributed by atoms with van der Waals surface area (Å²) in [6, 6.07) is 83.3. The SMILES string of the molecule is c1ccc(-c2nc(-c3ccccc3)nc(-n3c4ccccc4c4c(-c5cccc6c5Oc5c(cccc5-c5cccc7c5c5ccccc5n7-c5nc(-c7ccccc7)nc(-c7ccccc7)n5)S6)cccc43)n2)cc1. The molecule has 76 heavy (non-hydrogen) atoms. The number of rotatable bonds is 8. The van der Waals surface area contributed by atoms with Gasteiger partial charge < -0.3 is 4.74 Å². The summed E-state index contributed by atoms with van der Waals surface area (Å²) in [7, 11) is 0. The van der Waals surface area contributed by atoms with Gasteiger partial charge in [0, 0.05) is 54.9 Å². The van der Waals surface area contributed by atoms with Gasteiger partial charge >= 0.3 is 0 Å². The minimum atomic E-state index is 0.538. The van der Waals surface area contributed by atoms with Gasteiger partial charge in [0.2, 0.25) is 11.9 Å². The zero-order valence-electron chi connectivity index (χ0n) is 40.5. The van der Waals surface area contributed by atoms with Gasteiger partial charge in [-0.3, -0.25) is 9.13 Å². The molecule has 0 atom stereocenters. The predicted molar refractivity (Wildman–Crippen MR) is 305 cm³/mol. The molecular weight excluding hydrogens is 953 g/mol. The summed E-state index contributed by atoms with van der Waals surface area (Å²) in [4.78, 5) is 32.9. The minimum absolute atomic E-state index is 0.538. The van der Waals surface area contributed by atoms with Crippen molar-refractivity contribution in [1.29, 1.82) is 0 Å². The fourth-order valence-electron chi connectivity index (χ4n) is 10.8. The number of benzene rings is 10. The van der Waals surface area contributed by atoms with E-state index in [0.717, 1.165) is 109 Å². The van der Waals surface area contributed by atoms with Crippen LogP contribution in [0.4, 0.5) is 0 Å². The van der Waals surface area contributed by atoms with Crippen LogP contribution in [0.1, 0.15) is 0 Å². The number of nitrogens with zero attached hydrogens (tertiary/aromatic N) is 8. The molecule has 4 aromatic heterocycles. The largest absolute Gasteiger partial charge is 0.454 e. The number of aromatic nitrogens is 8. The first-order chi connectivity index (χ1) is 37.7. The van der Waals surface area contributed by atoms with Crippen LogP contribution < -0.4 is 4.74 Å². The maximum Gasteiger partial charge on any atom is 0.238 e. The highest BCUT2D eigenvalue weighted by molar-refractivity contribution is 7.99. The first-order valence-electron chi connectivity index (χ1n) is 25.1. The Labute approximate surface area is 440 Å². The molecular formula is C66H40N8OS. The van der Waals surface area contributed by atoms with Crippen molar-refractivity contribution in [2.45, 2.75) is 9.79 Å². The molecule has 5 heterocycles. The van der Waals surface area contributed by atoms with Gasteiger partial charge in [-0.05, 0) is 47.5 Å². The second-order valence-electron chi connectivity index (χ2n) is 18.6. The zero-order chi connectivity index (χ0) is 50.1. The number of hydrogen-bond acceptors (Lipinski definition) is 8. The van der Waals surface area contributed by atoms with Crippen molar-refractivity contribution in [3.05, 3.63) is 243 Å². The van der Waals surface area contributed by atoms with E-state index in [0.29, 0.717) is 35.2 Å². The van der Waals surface area contributed by atoms with E-state index in [-0.39, 0.29) is 0 Å². The Kier molecular flexibility index (Phi) is 10.2. The molecule has 10 aromatic carbocycles. The van der Waals surface area contributed by atoms with Gasteiger partial charge in [-0.15, -0.1) is 0 Å². The third kappa shape index (κ3) is 7.18. The van der Waals surface area contributed by atoms with Crippen LogP contribution in [0.25, 0.3) is 123 Å². The fraction of sp³-hybridized carbons (Fsp3) is 0. The molecule has 9 nitrogen and oxygen atoms in total. The molecule has 0 spiro atoms. The fourth-order valence-corrected chi connectivity index (χ4v) is 11.8. The third-order valence-corrected chi connectivity index (χ3v) is 15.2. The van der Waals surface area contributed by atoms with Crippen molar-refractivity contribution < 1.29 is 4.74 Å². The lowest BCUT2D eigenvalue weighted by Gasteiger charge is -2.25. The van der Waals surface area contributed by atoms with Gasteiger partial charge in [-0.25, -0.2) is 9.97 Å². The van der Waals surface area contributed by atoms with Crippen molar-refractivity contribution in [3.8, 4) is 91.2 Å². The molecule has 15 rings (SSSR count). The highest BCUT2D eigenvalue weighted by Gasteiger charge is 2.29. The standard InChI is InChI=1S/C66H40N8OS/c1-5-21-41(22-6-1)61-67-62(42-23-7-2-8-24-42)70-65(69-61)73-51-35-15-13-29-49(51)57-45(31-17-37-53(57)73)47-33-19-39-55-59(47)75-60-48(34-20-40-56(60)76-55)46-32-18-38-54-58(46)50-30-14-16-36-52(50)74(54)66-71-63(43-25-9-3-10-26-43)68-64(72-66)44-27-11-4-12-28-44/h1-40H. The average molecular weight is 993 g/mol. The molecule has 0 N–H and O–H groups in total. The molecule has 356 valence electrons. The second kappa shape index (κ2) is 17.9. The lowest BCUT2D eigenvalue weighted by atomic mass is 9.97. The van der Waals surface area contributed by atoms with Crippen LogP contribution >= 0.6 is 11.8 Å². The number of ether oxygens (including phenoxy) is 1. The molecule has 0 saturated carbocycles. The van der Waals surface area contributed by atoms with Gasteiger partial charge in [0.05, 0.1) is 31.9 Å². The van der Waals surface area contributed by atoms with Crippen molar-refractivity contribution in [2.24, 2.45) is 0 Å². The monoisotopic (exact) mass is 992 g/mol. The summed E-state index contributed by atoms with van der Waals surface area (Å²) >= 11 is 1.73. The Balaban J connectivity index is 0.891. The van der Waals surface area contributed by atoms with Crippen LogP contribution in [0.5, 0.6) is 11.5 Å². The Morgan fingerprint density at radius 2 is 0.592 bits per heavy atom. The van der Waals surface area contributed by atoms with Crippen LogP contribution in [0, 0.1) is 0 Å². The van der Waals surface area contributed by atoms with Crippen molar-refractivity contribution in [2.75, 3.05) is 0 Å². The summed E-state index contributed by atoms with van der Waals surface area (Å²) in [5.74, 6) is 5.08. The Hall–Kier alpha value is -10.0. The molecule has 0 saturated heterocycles. The summed E-state index contributed by atoms with van der Waals surface area (Å²) in [6.07, 6.45) is 0. The van der Waals surface area contributed by atoms with E-state index < -0.39 is 0 Å². The number of hydrogen-bond donors (Lipinski definition) is 0. The van der Waals surface area contributed by atoms with E-state index in [1.165, 1.54) is 0 Å². The van der Waals surface area contributed by atoms with Crippen LogP contribution in [0.2, 0.25) is 0 Å². The first-order valence-corrected chi connectivity index (χ1v) is 25.9. The Morgan fingerprint density at radius 3 is 0.974 bits per heavy atom. The van der Waals surface area contributed by atoms with Crippen molar-refractivity contribution in [1.82, 2.24) is 39.0 Å². The normalized spacial score (nSPS) is 12.0. The molecule has 0 unspecified atom stereocenters. The van der Waals surface area contributed by atoms with Crippen LogP contribution in [0.15, 0.2) is 252 Å². The molecule has 0 radical (unpaired) electrons. The lowest BCUT2D eigenvalue weighted by molar-refractivity contribution is 0.458. The first kappa shape index (κ1) is 43.5. The molecule has 0 aliphatic carbocycles. The van der Waals surface area contributed by atoms with Gasteiger partial charge in [-0.2, -0.15) is 19.9 Å². The van der Waals surface area contributed by atoms with E-state index >= 15 is 0 Å². The minimum Gasteiger partial charge on any atom is -0.454 e. The molecule has 10 heteroatoms. The molecule has 0 fully saturated rings. The van der Waals surface area contributed by atoms with Gasteiger partial charge in [0.25, 0.3) is 0 Å². The Bertz CT molecular complexity index is 4170. The number of para-hydroxylation sites is 4. The number of fused-ring (bicyclic) bond motifs is 8. The highest BCUT2D eigenvalue weighted by Crippen LogP contribution is 2.55. The summed E-state index contributed by atoms with van der Waals surface area (Å²) in [5.41, 5.74) is 11.6. The summed E-state index contributed by atoms with van der Waals surface area (Å²) < 4.78 is 11.8. The van der Waals surface area contributed by atoms with Crippen molar-refractivity contribution >= 4 is 55.4 Å². The van der Waals surface area contributed by atoms with E-state index in [4.69, 9.17) is 34.6 Å². The van der Waals surface area contributed by atoms with Crippen molar-refractivity contribution in [3.63, 3.8) is 0 Å². The van der Waals surface area contributed by atoms with Crippen LogP contribution in [-0.2, 0) is 0 Å². The topological polar surface area (TPSA) is 96.4 Å². The van der Waals surface area contributed by atoms with Crippen LogP contribution in [0.3, 0.4) is 0 Å². The Morgan fingerprint density at radius 1 is 0.276 bits per heavy atom. The van der Waals surface area contributed by atoms with Gasteiger partial charge in [0.1, 0.15) is 11.5 Å². The van der Waals surface area contributed by atoms with E-state index in [2.05, 4.69) is 130 Å². The molecule has 14 aromatic rings. The predicted octanol–water partition coefficient (Wildman–Crippen LogP) is 16.5. The smallest absolute Gasteiger partial charge is 0.238 e. The van der Waals surface area contributed by atoms with Gasteiger partial charge in [-0.1, -0.05) is 218 Å². The maximum absolute atomic E-state index is 7.41. The van der Waals surface area contributed by atoms with E-state index in [1.807, 2.05) is 121 Å². The van der Waals surface area contributed by atoms with E-state index in [9.17, 15) is 0 Å². The quantitative estimate of drug-likeness (QED) is 0.149. The lowest BCUT2D eigenvalue weighted by Crippen LogP contribution is -2.06. The third-order valence-electron chi connectivity index (χ3n) is 14.1. The van der Waals surface area contributed by atoms with Gasteiger partial charge in [0.15, 0.2) is 23.3 Å². The molecule has 0 bridgehead atoms. The van der Waals surface area contributed by atoms with Crippen LogP contribution in [-0.4, -0.2) is 39.0 Å². The maximum atomic E-state index is 7.41. The summed E-state index contributed by atoms with van der Waals surface area (Å²) in [6.45, 7) is 0.